The molecule has 0 atom stereocenters. The van der Waals surface area contributed by atoms with E-state index < -0.39 is 0 Å². The van der Waals surface area contributed by atoms with Gasteiger partial charge in [-0.3, -0.25) is 0 Å². The van der Waals surface area contributed by atoms with Crippen molar-refractivity contribution in [1.29, 1.82) is 0 Å². The van der Waals surface area contributed by atoms with Crippen LogP contribution in [0.25, 0.3) is 0 Å². The smallest absolute Gasteiger partial charge is 0.123 e. The number of hydrogen-bond acceptors (Lipinski definition) is 1. The van der Waals surface area contributed by atoms with Gasteiger partial charge in [-0.15, -0.1) is 0 Å². The molecule has 0 heterocycles. The minimum Gasteiger partial charge on any atom is -0.330 e. The highest BCUT2D eigenvalue weighted by molar-refractivity contribution is 5.15. The first-order valence-electron chi connectivity index (χ1n) is 5.77. The molecule has 0 bridgehead atoms. The number of nitrogens with two attached hydrogens (primary N) is 1. The number of aryl methyl sites for hydroxylation is 1. The Bertz CT molecular complexity index is 256. The van der Waals surface area contributed by atoms with Gasteiger partial charge in [-0.05, 0) is 43.5 Å². The second kappa shape index (κ2) is 7.41. The standard InChI is InChI=1S/C13H20FN/c14-13-9-7-12(8-10-13)6-4-2-1-3-5-11-15/h7-10H,1-6,11,15H2. The van der Waals surface area contributed by atoms with Crippen LogP contribution in [0.2, 0.25) is 0 Å². The van der Waals surface area contributed by atoms with E-state index in [1.54, 1.807) is 0 Å². The molecule has 0 fully saturated rings. The van der Waals surface area contributed by atoms with Gasteiger partial charge in [0.2, 0.25) is 0 Å². The molecule has 1 aromatic rings. The molecule has 1 aromatic carbocycles. The van der Waals surface area contributed by atoms with Gasteiger partial charge in [-0.2, -0.15) is 0 Å². The molecule has 0 radical (unpaired) electrons. The van der Waals surface area contributed by atoms with Crippen LogP contribution in [0.3, 0.4) is 0 Å². The second-order valence-electron chi connectivity index (χ2n) is 3.93. The number of hydrogen-bond donors (Lipinski definition) is 1. The van der Waals surface area contributed by atoms with Crippen molar-refractivity contribution in [1.82, 2.24) is 0 Å². The number of halogens is 1. The quantitative estimate of drug-likeness (QED) is 0.685. The van der Waals surface area contributed by atoms with Crippen LogP contribution in [-0.4, -0.2) is 6.54 Å². The first-order chi connectivity index (χ1) is 7.33. The SMILES string of the molecule is NCCCCCCCc1ccc(F)cc1. The van der Waals surface area contributed by atoms with Crippen LogP contribution in [0.5, 0.6) is 0 Å². The van der Waals surface area contributed by atoms with Gasteiger partial charge < -0.3 is 5.73 Å². The Morgan fingerprint density at radius 3 is 2.13 bits per heavy atom. The Balaban J connectivity index is 2.07. The zero-order valence-corrected chi connectivity index (χ0v) is 9.21. The van der Waals surface area contributed by atoms with E-state index in [4.69, 9.17) is 5.73 Å². The zero-order valence-electron chi connectivity index (χ0n) is 9.21. The molecule has 0 aliphatic rings. The van der Waals surface area contributed by atoms with Gasteiger partial charge in [0.05, 0.1) is 0 Å². The second-order valence-corrected chi connectivity index (χ2v) is 3.93. The lowest BCUT2D eigenvalue weighted by Gasteiger charge is -2.01. The first-order valence-corrected chi connectivity index (χ1v) is 5.77. The topological polar surface area (TPSA) is 26.0 Å². The molecule has 0 aliphatic carbocycles. The Labute approximate surface area is 91.5 Å². The Kier molecular flexibility index (Phi) is 6.02. The molecule has 2 N–H and O–H groups in total. The molecule has 0 saturated heterocycles. The van der Waals surface area contributed by atoms with Crippen LogP contribution in [0.1, 0.15) is 37.7 Å². The summed E-state index contributed by atoms with van der Waals surface area (Å²) in [6, 6.07) is 6.80. The summed E-state index contributed by atoms with van der Waals surface area (Å²) in [6.07, 6.45) is 7.13. The molecular formula is C13H20FN. The molecule has 0 spiro atoms. The molecule has 0 aliphatic heterocycles. The summed E-state index contributed by atoms with van der Waals surface area (Å²) < 4.78 is 12.6. The minimum atomic E-state index is -0.151. The highest BCUT2D eigenvalue weighted by Crippen LogP contribution is 2.09. The van der Waals surface area contributed by atoms with Crippen LogP contribution >= 0.6 is 0 Å². The van der Waals surface area contributed by atoms with Gasteiger partial charge in [0, 0.05) is 0 Å². The van der Waals surface area contributed by atoms with E-state index in [-0.39, 0.29) is 5.82 Å². The van der Waals surface area contributed by atoms with Gasteiger partial charge in [-0.1, -0.05) is 31.4 Å². The maximum Gasteiger partial charge on any atom is 0.123 e. The molecule has 0 unspecified atom stereocenters. The summed E-state index contributed by atoms with van der Waals surface area (Å²) in [6.45, 7) is 0.804. The molecular weight excluding hydrogens is 189 g/mol. The van der Waals surface area contributed by atoms with E-state index in [0.29, 0.717) is 0 Å². The zero-order chi connectivity index (χ0) is 10.9. The highest BCUT2D eigenvalue weighted by Gasteiger charge is 1.94. The average molecular weight is 209 g/mol. The summed E-state index contributed by atoms with van der Waals surface area (Å²) in [5, 5.41) is 0. The maximum absolute atomic E-state index is 12.6. The fraction of sp³-hybridized carbons (Fsp3) is 0.538. The van der Waals surface area contributed by atoms with E-state index in [9.17, 15) is 4.39 Å². The van der Waals surface area contributed by atoms with E-state index >= 15 is 0 Å². The van der Waals surface area contributed by atoms with Crippen molar-refractivity contribution < 1.29 is 4.39 Å². The normalized spacial score (nSPS) is 10.5. The predicted octanol–water partition coefficient (Wildman–Crippen LogP) is 3.28. The summed E-state index contributed by atoms with van der Waals surface area (Å²) in [5.41, 5.74) is 6.64. The van der Waals surface area contributed by atoms with Crippen LogP contribution in [0, 0.1) is 5.82 Å². The van der Waals surface area contributed by atoms with Gasteiger partial charge in [0.15, 0.2) is 0 Å². The van der Waals surface area contributed by atoms with Crippen molar-refractivity contribution in [3.63, 3.8) is 0 Å². The summed E-state index contributed by atoms with van der Waals surface area (Å²) in [7, 11) is 0. The van der Waals surface area contributed by atoms with Crippen molar-refractivity contribution in [2.45, 2.75) is 38.5 Å². The maximum atomic E-state index is 12.6. The van der Waals surface area contributed by atoms with Gasteiger partial charge in [0.1, 0.15) is 5.82 Å². The van der Waals surface area contributed by atoms with Crippen molar-refractivity contribution >= 4 is 0 Å². The fourth-order valence-electron chi connectivity index (χ4n) is 1.65. The predicted molar refractivity (Wildman–Crippen MR) is 62.2 cm³/mol. The van der Waals surface area contributed by atoms with E-state index in [1.165, 1.54) is 43.4 Å². The molecule has 2 heteroatoms. The molecule has 0 aromatic heterocycles. The van der Waals surface area contributed by atoms with Crippen molar-refractivity contribution in [2.24, 2.45) is 5.73 Å². The van der Waals surface area contributed by atoms with Crippen molar-refractivity contribution in [3.05, 3.63) is 35.6 Å². The number of benzene rings is 1. The van der Waals surface area contributed by atoms with Crippen LogP contribution in [0.15, 0.2) is 24.3 Å². The van der Waals surface area contributed by atoms with Crippen LogP contribution in [0.4, 0.5) is 4.39 Å². The van der Waals surface area contributed by atoms with Crippen LogP contribution < -0.4 is 5.73 Å². The Morgan fingerprint density at radius 1 is 0.867 bits per heavy atom. The Morgan fingerprint density at radius 2 is 1.47 bits per heavy atom. The average Bonchev–Trinajstić information content (AvgIpc) is 2.26. The third-order valence-electron chi connectivity index (χ3n) is 2.58. The molecule has 1 nitrogen and oxygen atoms in total. The molecule has 0 saturated carbocycles. The highest BCUT2D eigenvalue weighted by atomic mass is 19.1. The van der Waals surface area contributed by atoms with Crippen molar-refractivity contribution in [3.8, 4) is 0 Å². The Hall–Kier alpha value is -0.890. The molecule has 1 rings (SSSR count). The van der Waals surface area contributed by atoms with Gasteiger partial charge in [0.25, 0.3) is 0 Å². The number of rotatable bonds is 7. The van der Waals surface area contributed by atoms with E-state index in [1.807, 2.05) is 12.1 Å². The number of unbranched alkanes of at least 4 members (excludes halogenated alkanes) is 4. The van der Waals surface area contributed by atoms with Crippen LogP contribution in [-0.2, 0) is 6.42 Å². The van der Waals surface area contributed by atoms with Gasteiger partial charge in [-0.25, -0.2) is 4.39 Å². The third kappa shape index (κ3) is 5.53. The summed E-state index contributed by atoms with van der Waals surface area (Å²) in [4.78, 5) is 0. The lowest BCUT2D eigenvalue weighted by Crippen LogP contribution is -1.97. The van der Waals surface area contributed by atoms with Crippen molar-refractivity contribution in [2.75, 3.05) is 6.54 Å². The molecule has 0 amide bonds. The fourth-order valence-corrected chi connectivity index (χ4v) is 1.65. The molecule has 15 heavy (non-hydrogen) atoms. The largest absolute Gasteiger partial charge is 0.330 e. The summed E-state index contributed by atoms with van der Waals surface area (Å²) >= 11 is 0. The van der Waals surface area contributed by atoms with E-state index in [0.717, 1.165) is 19.4 Å². The lowest BCUT2D eigenvalue weighted by atomic mass is 10.1. The molecule has 84 valence electrons. The summed E-state index contributed by atoms with van der Waals surface area (Å²) in [5.74, 6) is -0.151. The third-order valence-corrected chi connectivity index (χ3v) is 2.58. The first kappa shape index (κ1) is 12.2. The van der Waals surface area contributed by atoms with E-state index in [2.05, 4.69) is 0 Å². The minimum absolute atomic E-state index is 0.151. The monoisotopic (exact) mass is 209 g/mol. The van der Waals surface area contributed by atoms with Gasteiger partial charge >= 0.3 is 0 Å². The lowest BCUT2D eigenvalue weighted by molar-refractivity contribution is 0.614.